The van der Waals surface area contributed by atoms with E-state index in [4.69, 9.17) is 10.2 Å². The Morgan fingerprint density at radius 2 is 2.00 bits per heavy atom. The highest BCUT2D eigenvalue weighted by Gasteiger charge is 2.19. The third-order valence-electron chi connectivity index (χ3n) is 3.02. The summed E-state index contributed by atoms with van der Waals surface area (Å²) in [4.78, 5) is 38.0. The first kappa shape index (κ1) is 12.0. The zero-order chi connectivity index (χ0) is 14.3. The zero-order valence-electron chi connectivity index (χ0n) is 10.1. The van der Waals surface area contributed by atoms with Crippen molar-refractivity contribution in [1.82, 2.24) is 4.98 Å². The van der Waals surface area contributed by atoms with Gasteiger partial charge in [-0.15, -0.1) is 0 Å². The molecule has 0 radical (unpaired) electrons. The summed E-state index contributed by atoms with van der Waals surface area (Å²) in [6, 6.07) is 6.02. The van der Waals surface area contributed by atoms with E-state index in [0.717, 1.165) is 0 Å². The molecule has 1 aliphatic carbocycles. The molecule has 1 aromatic rings. The summed E-state index contributed by atoms with van der Waals surface area (Å²) in [5.41, 5.74) is 6.02. The van der Waals surface area contributed by atoms with Crippen LogP contribution in [-0.2, 0) is 0 Å². The third-order valence-corrected chi connectivity index (χ3v) is 3.02. The van der Waals surface area contributed by atoms with Crippen LogP contribution in [0.2, 0.25) is 0 Å². The van der Waals surface area contributed by atoms with Gasteiger partial charge in [0.05, 0.1) is 11.3 Å². The standard InChI is InChI=1S/C14H8N2O4/c15-12-8(6-18)14-11(4-9(12)19)20-10-3-1-2-7(5-17)13(10)16-14/h1-6H,15H2. The lowest BCUT2D eigenvalue weighted by atomic mass is 10.1. The van der Waals surface area contributed by atoms with Crippen LogP contribution < -0.4 is 11.2 Å². The second-order valence-electron chi connectivity index (χ2n) is 4.19. The maximum atomic E-state index is 11.6. The number of rotatable bonds is 2. The van der Waals surface area contributed by atoms with Crippen LogP contribution in [0.5, 0.6) is 0 Å². The summed E-state index contributed by atoms with van der Waals surface area (Å²) >= 11 is 0. The van der Waals surface area contributed by atoms with E-state index in [9.17, 15) is 14.4 Å². The molecular formula is C14H8N2O4. The molecule has 98 valence electrons. The van der Waals surface area contributed by atoms with E-state index in [2.05, 4.69) is 4.98 Å². The van der Waals surface area contributed by atoms with Gasteiger partial charge < -0.3 is 10.2 Å². The van der Waals surface area contributed by atoms with E-state index in [1.54, 1.807) is 18.2 Å². The summed E-state index contributed by atoms with van der Waals surface area (Å²) in [5, 5.41) is 0. The highest BCUT2D eigenvalue weighted by atomic mass is 16.3. The van der Waals surface area contributed by atoms with Crippen molar-refractivity contribution in [2.45, 2.75) is 0 Å². The van der Waals surface area contributed by atoms with E-state index in [0.29, 0.717) is 29.2 Å². The molecule has 0 aromatic heterocycles. The molecule has 20 heavy (non-hydrogen) atoms. The minimum Gasteiger partial charge on any atom is -0.453 e. The second-order valence-corrected chi connectivity index (χ2v) is 4.19. The van der Waals surface area contributed by atoms with Gasteiger partial charge >= 0.3 is 0 Å². The smallest absolute Gasteiger partial charge is 0.206 e. The van der Waals surface area contributed by atoms with E-state index < -0.39 is 5.43 Å². The van der Waals surface area contributed by atoms with Gasteiger partial charge in [-0.3, -0.25) is 14.4 Å². The largest absolute Gasteiger partial charge is 0.453 e. The first-order chi connectivity index (χ1) is 9.65. The van der Waals surface area contributed by atoms with Crippen molar-refractivity contribution >= 4 is 29.4 Å². The van der Waals surface area contributed by atoms with Crippen molar-refractivity contribution in [3.05, 3.63) is 45.6 Å². The number of fused-ring (bicyclic) bond motifs is 2. The number of benzene rings is 2. The zero-order valence-corrected chi connectivity index (χ0v) is 10.1. The number of hydrogen-bond acceptors (Lipinski definition) is 6. The molecule has 0 fully saturated rings. The van der Waals surface area contributed by atoms with E-state index in [1.165, 1.54) is 6.07 Å². The topological polar surface area (TPSA) is 103 Å². The lowest BCUT2D eigenvalue weighted by Crippen LogP contribution is -2.13. The SMILES string of the molecule is Nc1c(C=O)c2nc3c(C=O)cccc3oc-2cc1=O. The fourth-order valence-electron chi connectivity index (χ4n) is 2.04. The Morgan fingerprint density at radius 3 is 2.70 bits per heavy atom. The van der Waals surface area contributed by atoms with Gasteiger partial charge in [-0.1, -0.05) is 6.07 Å². The fourth-order valence-corrected chi connectivity index (χ4v) is 2.04. The molecule has 6 nitrogen and oxygen atoms in total. The number of hydrogen-bond donors (Lipinski definition) is 1. The van der Waals surface area contributed by atoms with Gasteiger partial charge in [0.25, 0.3) is 0 Å². The summed E-state index contributed by atoms with van der Waals surface area (Å²) in [6.07, 6.45) is 1.10. The molecule has 0 amide bonds. The van der Waals surface area contributed by atoms with E-state index >= 15 is 0 Å². The number of nitrogens with two attached hydrogens (primary N) is 1. The first-order valence-corrected chi connectivity index (χ1v) is 5.72. The molecule has 2 N–H and O–H groups in total. The molecule has 0 spiro atoms. The third kappa shape index (κ3) is 1.58. The number of para-hydroxylation sites is 1. The van der Waals surface area contributed by atoms with Crippen molar-refractivity contribution in [3.63, 3.8) is 0 Å². The number of carbonyl (C=O) groups is 2. The molecule has 2 aliphatic rings. The Morgan fingerprint density at radius 1 is 1.20 bits per heavy atom. The minimum absolute atomic E-state index is 0.0288. The number of anilines is 1. The van der Waals surface area contributed by atoms with Gasteiger partial charge in [-0.2, -0.15) is 0 Å². The van der Waals surface area contributed by atoms with Crippen LogP contribution in [-0.4, -0.2) is 17.6 Å². The molecule has 1 aliphatic heterocycles. The molecule has 0 saturated heterocycles. The summed E-state index contributed by atoms with van der Waals surface area (Å²) in [7, 11) is 0. The van der Waals surface area contributed by atoms with Crippen molar-refractivity contribution in [1.29, 1.82) is 0 Å². The van der Waals surface area contributed by atoms with Gasteiger partial charge in [0, 0.05) is 11.6 Å². The molecule has 0 atom stereocenters. The number of nitrogen functional groups attached to an aromatic ring is 1. The Balaban J connectivity index is 2.56. The molecule has 6 heteroatoms. The van der Waals surface area contributed by atoms with Crippen LogP contribution in [0.4, 0.5) is 5.69 Å². The minimum atomic E-state index is -0.504. The predicted octanol–water partition coefficient (Wildman–Crippen LogP) is 1.50. The van der Waals surface area contributed by atoms with Gasteiger partial charge in [-0.25, -0.2) is 4.98 Å². The van der Waals surface area contributed by atoms with Crippen molar-refractivity contribution < 1.29 is 14.0 Å². The highest BCUT2D eigenvalue weighted by molar-refractivity contribution is 5.97. The Kier molecular flexibility index (Phi) is 2.57. The fraction of sp³-hybridized carbons (Fsp3) is 0. The molecule has 1 aromatic carbocycles. The quantitative estimate of drug-likeness (QED) is 0.429. The van der Waals surface area contributed by atoms with E-state index in [-0.39, 0.29) is 22.7 Å². The van der Waals surface area contributed by atoms with Crippen molar-refractivity contribution in [2.75, 3.05) is 5.73 Å². The summed E-state index contributed by atoms with van der Waals surface area (Å²) < 4.78 is 5.53. The maximum absolute atomic E-state index is 11.6. The van der Waals surface area contributed by atoms with Crippen LogP contribution in [0, 0.1) is 0 Å². The van der Waals surface area contributed by atoms with Gasteiger partial charge in [0.1, 0.15) is 11.2 Å². The molecular weight excluding hydrogens is 260 g/mol. The lowest BCUT2D eigenvalue weighted by Gasteiger charge is -2.10. The highest BCUT2D eigenvalue weighted by Crippen LogP contribution is 2.29. The Labute approximate surface area is 112 Å². The van der Waals surface area contributed by atoms with Gasteiger partial charge in [0.2, 0.25) is 5.43 Å². The van der Waals surface area contributed by atoms with Gasteiger partial charge in [0.15, 0.2) is 23.9 Å². The number of aldehydes is 2. The van der Waals surface area contributed by atoms with Crippen LogP contribution in [0.15, 0.2) is 33.5 Å². The van der Waals surface area contributed by atoms with E-state index in [1.807, 2.05) is 0 Å². The summed E-state index contributed by atoms with van der Waals surface area (Å²) in [6.45, 7) is 0. The Bertz CT molecular complexity index is 882. The summed E-state index contributed by atoms with van der Waals surface area (Å²) in [5.74, 6) is 0.154. The number of carbonyl (C=O) groups excluding carboxylic acids is 2. The molecule has 0 saturated carbocycles. The maximum Gasteiger partial charge on any atom is 0.206 e. The molecule has 0 bridgehead atoms. The first-order valence-electron chi connectivity index (χ1n) is 5.72. The number of aromatic nitrogens is 1. The molecule has 3 rings (SSSR count). The normalized spacial score (nSPS) is 10.8. The Hall–Kier alpha value is -3.02. The monoisotopic (exact) mass is 268 g/mol. The van der Waals surface area contributed by atoms with Crippen LogP contribution in [0.3, 0.4) is 0 Å². The molecule has 1 heterocycles. The van der Waals surface area contributed by atoms with Crippen LogP contribution >= 0.6 is 0 Å². The van der Waals surface area contributed by atoms with Crippen molar-refractivity contribution in [2.24, 2.45) is 0 Å². The predicted molar refractivity (Wildman–Crippen MR) is 72.1 cm³/mol. The lowest BCUT2D eigenvalue weighted by molar-refractivity contribution is 0.111. The second kappa shape index (κ2) is 4.27. The van der Waals surface area contributed by atoms with Crippen LogP contribution in [0.25, 0.3) is 22.6 Å². The van der Waals surface area contributed by atoms with Crippen molar-refractivity contribution in [3.8, 4) is 11.5 Å². The number of nitrogens with zero attached hydrogens (tertiary/aromatic N) is 1. The average Bonchev–Trinajstić information content (AvgIpc) is 2.46. The van der Waals surface area contributed by atoms with Crippen LogP contribution in [0.1, 0.15) is 20.7 Å². The molecule has 0 unspecified atom stereocenters. The average molecular weight is 268 g/mol. The van der Waals surface area contributed by atoms with Gasteiger partial charge in [-0.05, 0) is 12.1 Å².